The molecule has 1 rings (SSSR count). The van der Waals surface area contributed by atoms with Crippen molar-refractivity contribution in [2.75, 3.05) is 0 Å². The van der Waals surface area contributed by atoms with Crippen LogP contribution in [-0.2, 0) is 0 Å². The Labute approximate surface area is 54.7 Å². The molecule has 0 aliphatic carbocycles. The summed E-state index contributed by atoms with van der Waals surface area (Å²) in [6.07, 6.45) is 3.99. The fraction of sp³-hybridized carbons (Fsp3) is 0.250. The molecule has 0 saturated heterocycles. The van der Waals surface area contributed by atoms with E-state index >= 15 is 0 Å². The maximum absolute atomic E-state index is 3.89. The first-order valence-electron chi connectivity index (χ1n) is 3.05. The van der Waals surface area contributed by atoms with Crippen LogP contribution in [0.1, 0.15) is 12.5 Å². The number of nitrogens with one attached hydrogen (secondary N) is 1. The Morgan fingerprint density at radius 1 is 1.67 bits per heavy atom. The van der Waals surface area contributed by atoms with Crippen molar-refractivity contribution in [2.45, 2.75) is 13.8 Å². The predicted molar refractivity (Wildman–Crippen MR) is 40.4 cm³/mol. The van der Waals surface area contributed by atoms with E-state index in [1.807, 2.05) is 26.1 Å². The largest absolute Gasteiger partial charge is 0.361 e. The fourth-order valence-electron chi connectivity index (χ4n) is 0.830. The molecule has 48 valence electrons. The first-order valence-corrected chi connectivity index (χ1v) is 3.05. The predicted octanol–water partition coefficient (Wildman–Crippen LogP) is 0.534. The zero-order valence-electron chi connectivity index (χ0n) is 5.86. The van der Waals surface area contributed by atoms with Crippen LogP contribution in [0.3, 0.4) is 0 Å². The molecule has 1 heteroatoms. The Hall–Kier alpha value is -0.980. The van der Waals surface area contributed by atoms with Crippen molar-refractivity contribution in [1.29, 1.82) is 0 Å². The summed E-state index contributed by atoms with van der Waals surface area (Å²) in [5.74, 6) is 0. The van der Waals surface area contributed by atoms with E-state index in [1.54, 1.807) is 0 Å². The van der Waals surface area contributed by atoms with Crippen molar-refractivity contribution in [2.24, 2.45) is 0 Å². The smallest absolute Gasteiger partial charge is 0.0407 e. The SMILES string of the molecule is C=c1c(C)c[nH]/c1=C/C. The Bertz CT molecular complexity index is 293. The van der Waals surface area contributed by atoms with Crippen LogP contribution in [-0.4, -0.2) is 4.98 Å². The van der Waals surface area contributed by atoms with Gasteiger partial charge in [0.25, 0.3) is 0 Å². The van der Waals surface area contributed by atoms with Crippen LogP contribution in [0.5, 0.6) is 0 Å². The Morgan fingerprint density at radius 2 is 2.33 bits per heavy atom. The highest BCUT2D eigenvalue weighted by Gasteiger charge is 1.85. The van der Waals surface area contributed by atoms with Crippen LogP contribution in [0.15, 0.2) is 6.20 Å². The monoisotopic (exact) mass is 121 g/mol. The first-order chi connectivity index (χ1) is 4.25. The van der Waals surface area contributed by atoms with E-state index in [0.29, 0.717) is 0 Å². The second-order valence-electron chi connectivity index (χ2n) is 2.15. The van der Waals surface area contributed by atoms with Crippen molar-refractivity contribution in [3.8, 4) is 0 Å². The third kappa shape index (κ3) is 0.900. The number of aromatic amines is 1. The van der Waals surface area contributed by atoms with Gasteiger partial charge in [-0.25, -0.2) is 0 Å². The van der Waals surface area contributed by atoms with Crippen molar-refractivity contribution < 1.29 is 0 Å². The van der Waals surface area contributed by atoms with Crippen molar-refractivity contribution >= 4 is 12.7 Å². The van der Waals surface area contributed by atoms with E-state index in [0.717, 1.165) is 10.6 Å². The zero-order chi connectivity index (χ0) is 6.85. The van der Waals surface area contributed by atoms with Crippen LogP contribution in [0.25, 0.3) is 12.7 Å². The Morgan fingerprint density at radius 3 is 2.56 bits per heavy atom. The average Bonchev–Trinajstić information content (AvgIpc) is 2.15. The second-order valence-corrected chi connectivity index (χ2v) is 2.15. The molecule has 0 radical (unpaired) electrons. The standard InChI is InChI=1S/C8H11N/c1-4-8-7(3)6(2)5-9-8/h4-5,9H,3H2,1-2H3/b8-4+. The van der Waals surface area contributed by atoms with Gasteiger partial charge in [-0.05, 0) is 24.6 Å². The first kappa shape index (κ1) is 6.14. The van der Waals surface area contributed by atoms with Gasteiger partial charge >= 0.3 is 0 Å². The topological polar surface area (TPSA) is 15.8 Å². The molecule has 0 aromatic carbocycles. The number of hydrogen-bond acceptors (Lipinski definition) is 0. The van der Waals surface area contributed by atoms with Gasteiger partial charge in [-0.3, -0.25) is 0 Å². The number of aromatic nitrogens is 1. The summed E-state index contributed by atoms with van der Waals surface area (Å²) >= 11 is 0. The van der Waals surface area contributed by atoms with Gasteiger partial charge < -0.3 is 4.98 Å². The van der Waals surface area contributed by atoms with Crippen molar-refractivity contribution in [3.63, 3.8) is 0 Å². The lowest BCUT2D eigenvalue weighted by Gasteiger charge is -1.74. The van der Waals surface area contributed by atoms with Crippen LogP contribution < -0.4 is 10.6 Å². The summed E-state index contributed by atoms with van der Waals surface area (Å²) in [4.78, 5) is 3.11. The Balaban J connectivity index is 3.57. The molecule has 0 bridgehead atoms. The van der Waals surface area contributed by atoms with Gasteiger partial charge in [0.15, 0.2) is 0 Å². The van der Waals surface area contributed by atoms with Gasteiger partial charge in [0.05, 0.1) is 0 Å². The molecule has 0 atom stereocenters. The van der Waals surface area contributed by atoms with Crippen molar-refractivity contribution in [3.05, 3.63) is 22.3 Å². The van der Waals surface area contributed by atoms with E-state index in [9.17, 15) is 0 Å². The molecule has 0 aliphatic heterocycles. The normalized spacial score (nSPS) is 12.4. The third-order valence-corrected chi connectivity index (χ3v) is 1.53. The van der Waals surface area contributed by atoms with E-state index in [-0.39, 0.29) is 0 Å². The lowest BCUT2D eigenvalue weighted by molar-refractivity contribution is 1.31. The number of aryl methyl sites for hydroxylation is 1. The summed E-state index contributed by atoms with van der Waals surface area (Å²) in [6.45, 7) is 7.94. The molecule has 9 heavy (non-hydrogen) atoms. The summed E-state index contributed by atoms with van der Waals surface area (Å²) in [5.41, 5.74) is 1.23. The fourth-order valence-corrected chi connectivity index (χ4v) is 0.830. The number of rotatable bonds is 0. The molecule has 0 saturated carbocycles. The zero-order valence-corrected chi connectivity index (χ0v) is 5.86. The summed E-state index contributed by atoms with van der Waals surface area (Å²) < 4.78 is 0. The molecule has 1 heterocycles. The molecule has 1 aromatic rings. The number of hydrogen-bond donors (Lipinski definition) is 1. The van der Waals surface area contributed by atoms with Crippen LogP contribution in [0.2, 0.25) is 0 Å². The van der Waals surface area contributed by atoms with Crippen LogP contribution in [0.4, 0.5) is 0 Å². The quantitative estimate of drug-likeness (QED) is 0.515. The molecule has 0 spiro atoms. The van der Waals surface area contributed by atoms with Gasteiger partial charge in [-0.2, -0.15) is 0 Å². The number of H-pyrrole nitrogens is 1. The van der Waals surface area contributed by atoms with Gasteiger partial charge in [-0.1, -0.05) is 12.7 Å². The highest BCUT2D eigenvalue weighted by atomic mass is 14.6. The minimum absolute atomic E-state index is 1.11. The molecule has 0 amide bonds. The summed E-state index contributed by atoms with van der Waals surface area (Å²) in [6, 6.07) is 0. The molecule has 0 unspecified atom stereocenters. The second kappa shape index (κ2) is 2.09. The van der Waals surface area contributed by atoms with Gasteiger partial charge in [-0.15, -0.1) is 0 Å². The maximum atomic E-state index is 3.89. The highest BCUT2D eigenvalue weighted by molar-refractivity contribution is 5.24. The maximum Gasteiger partial charge on any atom is 0.0407 e. The molecular weight excluding hydrogens is 110 g/mol. The lowest BCUT2D eigenvalue weighted by Crippen LogP contribution is -2.21. The van der Waals surface area contributed by atoms with E-state index in [2.05, 4.69) is 11.6 Å². The van der Waals surface area contributed by atoms with E-state index in [1.165, 1.54) is 5.56 Å². The molecule has 1 aromatic heterocycles. The average molecular weight is 121 g/mol. The molecular formula is C8H11N. The molecule has 1 nitrogen and oxygen atoms in total. The van der Waals surface area contributed by atoms with E-state index in [4.69, 9.17) is 0 Å². The molecule has 0 fully saturated rings. The Kier molecular flexibility index (Phi) is 1.43. The lowest BCUT2D eigenvalue weighted by atomic mass is 10.3. The minimum Gasteiger partial charge on any atom is -0.361 e. The van der Waals surface area contributed by atoms with Crippen molar-refractivity contribution in [1.82, 2.24) is 4.98 Å². The highest BCUT2D eigenvalue weighted by Crippen LogP contribution is 1.76. The summed E-state index contributed by atoms with van der Waals surface area (Å²) in [5, 5.41) is 2.24. The van der Waals surface area contributed by atoms with Crippen LogP contribution >= 0.6 is 0 Å². The van der Waals surface area contributed by atoms with Gasteiger partial charge in [0.2, 0.25) is 0 Å². The molecule has 0 aliphatic rings. The van der Waals surface area contributed by atoms with Crippen LogP contribution in [0, 0.1) is 6.92 Å². The third-order valence-electron chi connectivity index (χ3n) is 1.53. The minimum atomic E-state index is 1.11. The summed E-state index contributed by atoms with van der Waals surface area (Å²) in [7, 11) is 0. The van der Waals surface area contributed by atoms with E-state index < -0.39 is 0 Å². The molecule has 1 N–H and O–H groups in total. The van der Waals surface area contributed by atoms with Gasteiger partial charge in [0, 0.05) is 11.5 Å². The van der Waals surface area contributed by atoms with Gasteiger partial charge in [0.1, 0.15) is 0 Å².